The topological polar surface area (TPSA) is 38.1 Å². The SMILES string of the molecule is Cc1cc(-c2cnc(CCNCC(C)C)o2)sc1C. The normalized spacial score (nSPS) is 11.4. The first kappa shape index (κ1) is 14.3. The number of hydrogen-bond donors (Lipinski definition) is 1. The molecule has 0 aliphatic carbocycles. The third-order valence-corrected chi connectivity index (χ3v) is 4.20. The number of nitrogens with zero attached hydrogens (tertiary/aromatic N) is 1. The van der Waals surface area contributed by atoms with Gasteiger partial charge in [0, 0.05) is 17.8 Å². The van der Waals surface area contributed by atoms with Crippen LogP contribution in [0.2, 0.25) is 0 Å². The summed E-state index contributed by atoms with van der Waals surface area (Å²) in [6.45, 7) is 10.6. The smallest absolute Gasteiger partial charge is 0.196 e. The zero-order chi connectivity index (χ0) is 13.8. The van der Waals surface area contributed by atoms with Crippen LogP contribution in [0.4, 0.5) is 0 Å². The number of rotatable bonds is 6. The molecule has 0 spiro atoms. The number of aromatic nitrogens is 1. The van der Waals surface area contributed by atoms with Gasteiger partial charge in [0.15, 0.2) is 11.7 Å². The van der Waals surface area contributed by atoms with Gasteiger partial charge in [-0.05, 0) is 37.9 Å². The summed E-state index contributed by atoms with van der Waals surface area (Å²) in [5.41, 5.74) is 1.32. The van der Waals surface area contributed by atoms with Crippen LogP contribution in [0.5, 0.6) is 0 Å². The Morgan fingerprint density at radius 3 is 2.79 bits per heavy atom. The summed E-state index contributed by atoms with van der Waals surface area (Å²) in [6, 6.07) is 2.17. The molecule has 0 fully saturated rings. The Morgan fingerprint density at radius 1 is 1.37 bits per heavy atom. The van der Waals surface area contributed by atoms with E-state index in [1.807, 2.05) is 6.20 Å². The summed E-state index contributed by atoms with van der Waals surface area (Å²) >= 11 is 1.76. The molecule has 0 bridgehead atoms. The van der Waals surface area contributed by atoms with Crippen molar-refractivity contribution in [3.8, 4) is 10.6 Å². The first-order chi connectivity index (χ1) is 9.06. The number of thiophene rings is 1. The van der Waals surface area contributed by atoms with Crippen LogP contribution in [-0.2, 0) is 6.42 Å². The Labute approximate surface area is 119 Å². The molecule has 0 aliphatic heterocycles. The molecule has 3 nitrogen and oxygen atoms in total. The van der Waals surface area contributed by atoms with E-state index in [0.717, 1.165) is 31.2 Å². The van der Waals surface area contributed by atoms with E-state index in [1.54, 1.807) is 11.3 Å². The van der Waals surface area contributed by atoms with E-state index in [-0.39, 0.29) is 0 Å². The van der Waals surface area contributed by atoms with Crippen LogP contribution < -0.4 is 5.32 Å². The first-order valence-corrected chi connectivity index (χ1v) is 7.60. The van der Waals surface area contributed by atoms with E-state index in [4.69, 9.17) is 4.42 Å². The highest BCUT2D eigenvalue weighted by Crippen LogP contribution is 2.30. The molecule has 2 heterocycles. The summed E-state index contributed by atoms with van der Waals surface area (Å²) in [7, 11) is 0. The van der Waals surface area contributed by atoms with Gasteiger partial charge in [-0.25, -0.2) is 4.98 Å². The molecule has 0 aliphatic rings. The highest BCUT2D eigenvalue weighted by Gasteiger charge is 2.10. The van der Waals surface area contributed by atoms with Gasteiger partial charge < -0.3 is 9.73 Å². The second-order valence-corrected chi connectivity index (χ2v) is 6.57. The minimum atomic E-state index is 0.678. The van der Waals surface area contributed by atoms with Gasteiger partial charge in [-0.1, -0.05) is 13.8 Å². The van der Waals surface area contributed by atoms with Crippen molar-refractivity contribution >= 4 is 11.3 Å². The monoisotopic (exact) mass is 278 g/mol. The third kappa shape index (κ3) is 3.91. The van der Waals surface area contributed by atoms with Gasteiger partial charge in [0.1, 0.15) is 0 Å². The van der Waals surface area contributed by atoms with E-state index in [0.29, 0.717) is 5.92 Å². The van der Waals surface area contributed by atoms with Crippen LogP contribution in [-0.4, -0.2) is 18.1 Å². The van der Waals surface area contributed by atoms with Gasteiger partial charge in [-0.2, -0.15) is 0 Å². The average molecular weight is 278 g/mol. The highest BCUT2D eigenvalue weighted by molar-refractivity contribution is 7.15. The summed E-state index contributed by atoms with van der Waals surface area (Å²) in [5.74, 6) is 2.38. The second-order valence-electron chi connectivity index (χ2n) is 5.32. The van der Waals surface area contributed by atoms with Gasteiger partial charge in [-0.15, -0.1) is 11.3 Å². The zero-order valence-electron chi connectivity index (χ0n) is 12.1. The van der Waals surface area contributed by atoms with Crippen molar-refractivity contribution in [3.63, 3.8) is 0 Å². The molecule has 0 unspecified atom stereocenters. The molecular formula is C15H22N2OS. The zero-order valence-corrected chi connectivity index (χ0v) is 12.9. The Balaban J connectivity index is 1.92. The molecule has 4 heteroatoms. The number of oxazole rings is 1. The third-order valence-electron chi connectivity index (χ3n) is 3.03. The predicted molar refractivity (Wildman–Crippen MR) is 80.7 cm³/mol. The molecule has 0 saturated carbocycles. The van der Waals surface area contributed by atoms with Crippen LogP contribution in [0, 0.1) is 19.8 Å². The fourth-order valence-electron chi connectivity index (χ4n) is 1.82. The molecule has 1 N–H and O–H groups in total. The van der Waals surface area contributed by atoms with E-state index in [2.05, 4.69) is 44.1 Å². The Hall–Kier alpha value is -1.13. The van der Waals surface area contributed by atoms with Gasteiger partial charge in [0.2, 0.25) is 0 Å². The minimum absolute atomic E-state index is 0.678. The maximum atomic E-state index is 5.80. The lowest BCUT2D eigenvalue weighted by atomic mass is 10.2. The standard InChI is InChI=1S/C15H22N2OS/c1-10(2)8-16-6-5-15-17-9-13(18-15)14-7-11(3)12(4)19-14/h7,9-10,16H,5-6,8H2,1-4H3. The molecule has 19 heavy (non-hydrogen) atoms. The van der Waals surface area contributed by atoms with E-state index in [9.17, 15) is 0 Å². The molecular weight excluding hydrogens is 256 g/mol. The van der Waals surface area contributed by atoms with Crippen molar-refractivity contribution in [2.45, 2.75) is 34.1 Å². The lowest BCUT2D eigenvalue weighted by molar-refractivity contribution is 0.483. The molecule has 0 aromatic carbocycles. The lowest BCUT2D eigenvalue weighted by Gasteiger charge is -2.05. The molecule has 0 atom stereocenters. The van der Waals surface area contributed by atoms with Crippen LogP contribution in [0.15, 0.2) is 16.7 Å². The average Bonchev–Trinajstić information content (AvgIpc) is 2.93. The van der Waals surface area contributed by atoms with Crippen molar-refractivity contribution in [2.75, 3.05) is 13.1 Å². The molecule has 104 valence electrons. The lowest BCUT2D eigenvalue weighted by Crippen LogP contribution is -2.22. The molecule has 0 radical (unpaired) electrons. The Morgan fingerprint density at radius 2 is 2.16 bits per heavy atom. The number of nitrogens with one attached hydrogen (secondary N) is 1. The van der Waals surface area contributed by atoms with E-state index >= 15 is 0 Å². The van der Waals surface area contributed by atoms with Crippen molar-refractivity contribution < 1.29 is 4.42 Å². The highest BCUT2D eigenvalue weighted by atomic mass is 32.1. The molecule has 2 aromatic rings. The van der Waals surface area contributed by atoms with E-state index < -0.39 is 0 Å². The summed E-state index contributed by atoms with van der Waals surface area (Å²) in [5, 5.41) is 3.40. The Bertz CT molecular complexity index is 508. The second kappa shape index (κ2) is 6.35. The van der Waals surface area contributed by atoms with Gasteiger partial charge in [-0.3, -0.25) is 0 Å². The van der Waals surface area contributed by atoms with Crippen molar-refractivity contribution in [1.82, 2.24) is 10.3 Å². The quantitative estimate of drug-likeness (QED) is 0.817. The molecule has 0 amide bonds. The maximum absolute atomic E-state index is 5.80. The van der Waals surface area contributed by atoms with Crippen molar-refractivity contribution in [1.29, 1.82) is 0 Å². The van der Waals surface area contributed by atoms with Gasteiger partial charge in [0.25, 0.3) is 0 Å². The predicted octanol–water partition coefficient (Wildman–Crippen LogP) is 3.81. The van der Waals surface area contributed by atoms with Crippen molar-refractivity contribution in [3.05, 3.63) is 28.6 Å². The number of hydrogen-bond acceptors (Lipinski definition) is 4. The maximum Gasteiger partial charge on any atom is 0.196 e. The van der Waals surface area contributed by atoms with Crippen LogP contribution in [0.25, 0.3) is 10.6 Å². The largest absolute Gasteiger partial charge is 0.440 e. The Kier molecular flexibility index (Phi) is 4.77. The summed E-state index contributed by atoms with van der Waals surface area (Å²) in [6.07, 6.45) is 2.68. The fraction of sp³-hybridized carbons (Fsp3) is 0.533. The van der Waals surface area contributed by atoms with E-state index in [1.165, 1.54) is 15.3 Å². The van der Waals surface area contributed by atoms with Crippen molar-refractivity contribution in [2.24, 2.45) is 5.92 Å². The van der Waals surface area contributed by atoms with Crippen LogP contribution >= 0.6 is 11.3 Å². The fourth-order valence-corrected chi connectivity index (χ4v) is 2.80. The summed E-state index contributed by atoms with van der Waals surface area (Å²) < 4.78 is 5.80. The van der Waals surface area contributed by atoms with Crippen LogP contribution in [0.1, 0.15) is 30.2 Å². The van der Waals surface area contributed by atoms with Crippen LogP contribution in [0.3, 0.4) is 0 Å². The molecule has 2 rings (SSSR count). The van der Waals surface area contributed by atoms with Gasteiger partial charge >= 0.3 is 0 Å². The molecule has 0 saturated heterocycles. The first-order valence-electron chi connectivity index (χ1n) is 6.79. The van der Waals surface area contributed by atoms with Gasteiger partial charge in [0.05, 0.1) is 11.1 Å². The molecule has 2 aromatic heterocycles. The summed E-state index contributed by atoms with van der Waals surface area (Å²) in [4.78, 5) is 6.86. The number of aryl methyl sites for hydroxylation is 2. The minimum Gasteiger partial charge on any atom is -0.440 e.